The lowest BCUT2D eigenvalue weighted by Crippen LogP contribution is -2.26. The number of Topliss-reactive ketones (excluding diaryl/α,β-unsaturated/α-hetero) is 1. The Labute approximate surface area is 125 Å². The minimum atomic E-state index is -0.886. The van der Waals surface area contributed by atoms with Crippen LogP contribution < -0.4 is 0 Å². The zero-order valence-electron chi connectivity index (χ0n) is 11.8. The number of ether oxygens (including phenoxy) is 1. The molecule has 3 rings (SSSR count). The fourth-order valence-corrected chi connectivity index (χ4v) is 2.17. The summed E-state index contributed by atoms with van der Waals surface area (Å²) in [7, 11) is 0. The second kappa shape index (κ2) is 5.76. The van der Waals surface area contributed by atoms with Gasteiger partial charge in [0.1, 0.15) is 12.9 Å². The maximum absolute atomic E-state index is 12.4. The van der Waals surface area contributed by atoms with Crippen LogP contribution in [-0.2, 0) is 16.1 Å². The lowest BCUT2D eigenvalue weighted by Gasteiger charge is -2.11. The molecule has 0 amide bonds. The molecule has 0 spiro atoms. The third-order valence-electron chi connectivity index (χ3n) is 3.21. The van der Waals surface area contributed by atoms with Crippen molar-refractivity contribution in [2.45, 2.75) is 19.6 Å². The summed E-state index contributed by atoms with van der Waals surface area (Å²) in [5, 5.41) is 11.2. The number of fused-ring (bicyclic) bond motifs is 1. The first-order chi connectivity index (χ1) is 10.6. The Hall–Kier alpha value is -3.03. The Morgan fingerprint density at radius 2 is 2.18 bits per heavy atom. The molecule has 0 bridgehead atoms. The van der Waals surface area contributed by atoms with Crippen molar-refractivity contribution in [3.63, 3.8) is 0 Å². The van der Waals surface area contributed by atoms with E-state index >= 15 is 0 Å². The van der Waals surface area contributed by atoms with E-state index in [0.717, 1.165) is 10.9 Å². The molecule has 1 aromatic carbocycles. The molecular formula is C14H13N5O3. The zero-order valence-corrected chi connectivity index (χ0v) is 11.8. The van der Waals surface area contributed by atoms with E-state index in [1.165, 1.54) is 11.0 Å². The highest BCUT2D eigenvalue weighted by molar-refractivity contribution is 6.10. The van der Waals surface area contributed by atoms with Crippen LogP contribution in [0.25, 0.3) is 10.9 Å². The van der Waals surface area contributed by atoms with E-state index in [1.807, 2.05) is 24.3 Å². The van der Waals surface area contributed by atoms with E-state index in [9.17, 15) is 9.59 Å². The molecule has 1 atom stereocenters. The van der Waals surface area contributed by atoms with Crippen LogP contribution in [0.3, 0.4) is 0 Å². The van der Waals surface area contributed by atoms with Crippen LogP contribution in [0.1, 0.15) is 17.3 Å². The number of para-hydroxylation sites is 1. The second-order valence-electron chi connectivity index (χ2n) is 4.75. The topological polar surface area (TPSA) is 103 Å². The predicted octanol–water partition coefficient (Wildman–Crippen LogP) is 0.969. The normalized spacial score (nSPS) is 12.2. The molecule has 0 saturated carbocycles. The van der Waals surface area contributed by atoms with Crippen LogP contribution >= 0.6 is 0 Å². The van der Waals surface area contributed by atoms with E-state index in [2.05, 4.69) is 20.5 Å². The van der Waals surface area contributed by atoms with Crippen LogP contribution in [0.2, 0.25) is 0 Å². The van der Waals surface area contributed by atoms with Crippen LogP contribution in [0.15, 0.2) is 36.8 Å². The fourth-order valence-electron chi connectivity index (χ4n) is 2.17. The van der Waals surface area contributed by atoms with Gasteiger partial charge < -0.3 is 9.72 Å². The molecule has 0 fully saturated rings. The average Bonchev–Trinajstić information content (AvgIpc) is 3.15. The number of rotatable bonds is 5. The first-order valence-corrected chi connectivity index (χ1v) is 6.65. The van der Waals surface area contributed by atoms with E-state index in [4.69, 9.17) is 4.74 Å². The quantitative estimate of drug-likeness (QED) is 0.556. The molecule has 0 unspecified atom stereocenters. The molecule has 3 aromatic rings. The maximum atomic E-state index is 12.4. The third-order valence-corrected chi connectivity index (χ3v) is 3.21. The average molecular weight is 299 g/mol. The van der Waals surface area contributed by atoms with Gasteiger partial charge in [0.25, 0.3) is 0 Å². The lowest BCUT2D eigenvalue weighted by molar-refractivity contribution is -0.147. The van der Waals surface area contributed by atoms with Crippen molar-refractivity contribution >= 4 is 22.7 Å². The third kappa shape index (κ3) is 2.71. The Balaban J connectivity index is 1.70. The highest BCUT2D eigenvalue weighted by atomic mass is 16.5. The van der Waals surface area contributed by atoms with Crippen molar-refractivity contribution in [3.05, 3.63) is 42.4 Å². The van der Waals surface area contributed by atoms with Crippen LogP contribution in [0, 0.1) is 0 Å². The highest BCUT2D eigenvalue weighted by Gasteiger charge is 2.22. The summed E-state index contributed by atoms with van der Waals surface area (Å²) in [6.07, 6.45) is 2.04. The van der Waals surface area contributed by atoms with Gasteiger partial charge in [-0.25, -0.2) is 4.68 Å². The molecule has 0 aliphatic carbocycles. The van der Waals surface area contributed by atoms with Gasteiger partial charge in [-0.3, -0.25) is 9.59 Å². The van der Waals surface area contributed by atoms with Gasteiger partial charge in [-0.2, -0.15) is 0 Å². The number of aromatic amines is 1. The Morgan fingerprint density at radius 3 is 2.95 bits per heavy atom. The molecule has 8 heteroatoms. The second-order valence-corrected chi connectivity index (χ2v) is 4.75. The molecule has 0 aliphatic heterocycles. The number of esters is 1. The number of carbonyl (C=O) groups excluding carboxylic acids is 2. The van der Waals surface area contributed by atoms with Gasteiger partial charge in [0, 0.05) is 22.7 Å². The van der Waals surface area contributed by atoms with Gasteiger partial charge in [-0.05, 0) is 23.4 Å². The van der Waals surface area contributed by atoms with Gasteiger partial charge in [0.15, 0.2) is 6.10 Å². The first kappa shape index (κ1) is 13.9. The smallest absolute Gasteiger partial charge is 0.328 e. The predicted molar refractivity (Wildman–Crippen MR) is 76.0 cm³/mol. The number of hydrogen-bond donors (Lipinski definition) is 1. The molecule has 0 aliphatic rings. The number of ketones is 1. The Morgan fingerprint density at radius 1 is 1.36 bits per heavy atom. The number of nitrogens with zero attached hydrogens (tertiary/aromatic N) is 4. The van der Waals surface area contributed by atoms with Gasteiger partial charge in [-0.1, -0.05) is 18.2 Å². The summed E-state index contributed by atoms with van der Waals surface area (Å²) in [5.41, 5.74) is 1.36. The summed E-state index contributed by atoms with van der Waals surface area (Å²) in [4.78, 5) is 27.2. The molecule has 1 N–H and O–H groups in total. The van der Waals surface area contributed by atoms with Gasteiger partial charge >= 0.3 is 5.97 Å². The summed E-state index contributed by atoms with van der Waals surface area (Å²) in [5.74, 6) is -0.837. The summed E-state index contributed by atoms with van der Waals surface area (Å²) in [6.45, 7) is 1.40. The van der Waals surface area contributed by atoms with E-state index in [1.54, 1.807) is 13.1 Å². The summed E-state index contributed by atoms with van der Waals surface area (Å²) >= 11 is 0. The van der Waals surface area contributed by atoms with E-state index in [0.29, 0.717) is 5.56 Å². The minimum absolute atomic E-state index is 0.140. The van der Waals surface area contributed by atoms with Crippen molar-refractivity contribution < 1.29 is 14.3 Å². The molecule has 0 radical (unpaired) electrons. The van der Waals surface area contributed by atoms with Crippen molar-refractivity contribution in [2.24, 2.45) is 0 Å². The minimum Gasteiger partial charge on any atom is -0.453 e. The van der Waals surface area contributed by atoms with Crippen molar-refractivity contribution in [1.82, 2.24) is 25.2 Å². The van der Waals surface area contributed by atoms with Crippen molar-refractivity contribution in [3.8, 4) is 0 Å². The summed E-state index contributed by atoms with van der Waals surface area (Å²) < 4.78 is 6.37. The number of nitrogens with one attached hydrogen (secondary N) is 1. The fraction of sp³-hybridized carbons (Fsp3) is 0.214. The van der Waals surface area contributed by atoms with Crippen LogP contribution in [0.5, 0.6) is 0 Å². The highest BCUT2D eigenvalue weighted by Crippen LogP contribution is 2.19. The SMILES string of the molecule is C[C@H](OC(=O)Cn1cnnn1)C(=O)c1c[nH]c2ccccc12. The van der Waals surface area contributed by atoms with Gasteiger partial charge in [0.2, 0.25) is 5.78 Å². The van der Waals surface area contributed by atoms with Crippen molar-refractivity contribution in [2.75, 3.05) is 0 Å². The maximum Gasteiger partial charge on any atom is 0.328 e. The number of aromatic nitrogens is 5. The number of tetrazole rings is 1. The number of carbonyl (C=O) groups is 2. The molecule has 2 aromatic heterocycles. The molecule has 0 saturated heterocycles. The Kier molecular flexibility index (Phi) is 3.65. The van der Waals surface area contributed by atoms with E-state index < -0.39 is 12.1 Å². The monoisotopic (exact) mass is 299 g/mol. The standard InChI is InChI=1S/C14H13N5O3/c1-9(22-13(20)7-19-8-16-17-18-19)14(21)11-6-15-12-5-3-2-4-10(11)12/h2-6,8-9,15H,7H2,1H3/t9-/m0/s1. The molecule has 2 heterocycles. The first-order valence-electron chi connectivity index (χ1n) is 6.65. The van der Waals surface area contributed by atoms with Crippen LogP contribution in [0.4, 0.5) is 0 Å². The van der Waals surface area contributed by atoms with Crippen molar-refractivity contribution in [1.29, 1.82) is 0 Å². The zero-order chi connectivity index (χ0) is 15.5. The largest absolute Gasteiger partial charge is 0.453 e. The van der Waals surface area contributed by atoms with E-state index in [-0.39, 0.29) is 12.3 Å². The Bertz CT molecular complexity index is 809. The lowest BCUT2D eigenvalue weighted by atomic mass is 10.1. The molecule has 22 heavy (non-hydrogen) atoms. The number of benzene rings is 1. The molecule has 112 valence electrons. The van der Waals surface area contributed by atoms with Gasteiger partial charge in [-0.15, -0.1) is 5.10 Å². The van der Waals surface area contributed by atoms with Gasteiger partial charge in [0.05, 0.1) is 0 Å². The number of H-pyrrole nitrogens is 1. The van der Waals surface area contributed by atoms with Crippen LogP contribution in [-0.4, -0.2) is 43.0 Å². The molecule has 8 nitrogen and oxygen atoms in total. The molecular weight excluding hydrogens is 286 g/mol. The summed E-state index contributed by atoms with van der Waals surface area (Å²) in [6, 6.07) is 7.44. The number of hydrogen-bond acceptors (Lipinski definition) is 6.